The Morgan fingerprint density at radius 2 is 2.03 bits per heavy atom. The largest absolute Gasteiger partial charge is 0.619 e. The number of halogens is 2. The molecule has 4 aromatic heterocycles. The Balaban J connectivity index is 1.67. The van der Waals surface area contributed by atoms with Crippen molar-refractivity contribution in [2.75, 3.05) is 12.4 Å². The molecule has 11 heteroatoms. The van der Waals surface area contributed by atoms with Crippen molar-refractivity contribution in [2.24, 2.45) is 0 Å². The summed E-state index contributed by atoms with van der Waals surface area (Å²) < 4.78 is 16.9. The number of rotatable bonds is 4. The molecule has 1 amide bonds. The maximum Gasteiger partial charge on any atom is 0.417 e. The van der Waals surface area contributed by atoms with E-state index in [1.807, 2.05) is 6.07 Å². The number of carbonyl (C=O) groups is 1. The molecule has 0 spiro atoms. The second-order valence-corrected chi connectivity index (χ2v) is 6.74. The summed E-state index contributed by atoms with van der Waals surface area (Å²) in [5.74, 6) is 0.829. The number of anilines is 1. The van der Waals surface area contributed by atoms with Gasteiger partial charge in [0.25, 0.3) is 5.88 Å². The van der Waals surface area contributed by atoms with Gasteiger partial charge in [0.2, 0.25) is 18.0 Å². The van der Waals surface area contributed by atoms with Gasteiger partial charge in [-0.25, -0.2) is 9.78 Å². The van der Waals surface area contributed by atoms with E-state index < -0.39 is 6.09 Å². The lowest BCUT2D eigenvalue weighted by molar-refractivity contribution is -0.605. The number of fused-ring (bicyclic) bond motifs is 1. The maximum atomic E-state index is 12.4. The summed E-state index contributed by atoms with van der Waals surface area (Å²) in [6, 6.07) is 5.27. The fourth-order valence-electron chi connectivity index (χ4n) is 2.71. The number of methoxy groups -OCH3 is 1. The Labute approximate surface area is 179 Å². The molecule has 0 bridgehead atoms. The van der Waals surface area contributed by atoms with Crippen LogP contribution in [-0.2, 0) is 0 Å². The fourth-order valence-corrected chi connectivity index (χ4v) is 3.25. The standard InChI is InChI=1S/C19H12Cl2N4O5/c1-28-18-17-11(5-14(29-17)10-3-2-4-22-6-10)15(7-23-18)30-19(26)24-16-12(20)8-25(27)9-13(16)21/h2-9H,1H3,(H,24,26). The third-order valence-corrected chi connectivity index (χ3v) is 4.59. The fraction of sp³-hybridized carbons (Fsp3) is 0.0526. The average Bonchev–Trinajstić information content (AvgIpc) is 3.17. The first-order chi connectivity index (χ1) is 14.5. The number of hydrogen-bond donors (Lipinski definition) is 1. The molecule has 4 heterocycles. The van der Waals surface area contributed by atoms with Crippen LogP contribution in [0, 0.1) is 5.21 Å². The quantitative estimate of drug-likeness (QED) is 0.363. The number of ether oxygens (including phenoxy) is 2. The molecule has 0 aliphatic carbocycles. The first-order valence-electron chi connectivity index (χ1n) is 8.40. The molecule has 0 saturated carbocycles. The highest BCUT2D eigenvalue weighted by atomic mass is 35.5. The number of nitrogens with one attached hydrogen (secondary N) is 1. The number of nitrogens with zero attached hydrogens (tertiary/aromatic N) is 3. The summed E-state index contributed by atoms with van der Waals surface area (Å²) in [4.78, 5) is 20.6. The zero-order valence-corrected chi connectivity index (χ0v) is 16.8. The molecule has 0 saturated heterocycles. The molecular weight excluding hydrogens is 435 g/mol. The zero-order valence-electron chi connectivity index (χ0n) is 15.3. The minimum absolute atomic E-state index is 0.0383. The van der Waals surface area contributed by atoms with Crippen LogP contribution in [0.3, 0.4) is 0 Å². The minimum Gasteiger partial charge on any atom is -0.619 e. The van der Waals surface area contributed by atoms with Gasteiger partial charge in [0.05, 0.1) is 24.4 Å². The topological polar surface area (TPSA) is 113 Å². The van der Waals surface area contributed by atoms with Crippen molar-refractivity contribution >= 4 is 46.0 Å². The number of amides is 1. The Kier molecular flexibility index (Phi) is 5.30. The molecule has 30 heavy (non-hydrogen) atoms. The van der Waals surface area contributed by atoms with E-state index in [-0.39, 0.29) is 27.4 Å². The minimum atomic E-state index is -0.889. The van der Waals surface area contributed by atoms with Gasteiger partial charge in [-0.3, -0.25) is 10.3 Å². The second-order valence-electron chi connectivity index (χ2n) is 5.93. The van der Waals surface area contributed by atoms with Gasteiger partial charge in [-0.15, -0.1) is 0 Å². The molecule has 0 aliphatic heterocycles. The Morgan fingerprint density at radius 3 is 2.70 bits per heavy atom. The van der Waals surface area contributed by atoms with Crippen molar-refractivity contribution in [3.63, 3.8) is 0 Å². The van der Waals surface area contributed by atoms with Crippen molar-refractivity contribution < 1.29 is 23.4 Å². The molecule has 0 fully saturated rings. The van der Waals surface area contributed by atoms with Gasteiger partial charge in [0, 0.05) is 18.0 Å². The van der Waals surface area contributed by atoms with Crippen LogP contribution in [0.25, 0.3) is 22.3 Å². The van der Waals surface area contributed by atoms with Crippen LogP contribution in [-0.4, -0.2) is 23.2 Å². The summed E-state index contributed by atoms with van der Waals surface area (Å²) >= 11 is 11.9. The molecule has 9 nitrogen and oxygen atoms in total. The summed E-state index contributed by atoms with van der Waals surface area (Å²) in [6.45, 7) is 0. The molecule has 1 N–H and O–H groups in total. The molecule has 0 atom stereocenters. The van der Waals surface area contributed by atoms with Crippen molar-refractivity contribution in [2.45, 2.75) is 0 Å². The van der Waals surface area contributed by atoms with Gasteiger partial charge in [-0.2, -0.15) is 4.73 Å². The van der Waals surface area contributed by atoms with E-state index in [1.165, 1.54) is 13.3 Å². The second kappa shape index (κ2) is 8.05. The van der Waals surface area contributed by atoms with E-state index in [4.69, 9.17) is 37.1 Å². The van der Waals surface area contributed by atoms with E-state index in [1.54, 1.807) is 24.5 Å². The highest BCUT2D eigenvalue weighted by Gasteiger charge is 2.20. The SMILES string of the molecule is COc1ncc(OC(=O)Nc2c(Cl)c[n+]([O-])cc2Cl)c2cc(-c3cccnc3)oc12. The molecule has 4 rings (SSSR count). The Bertz CT molecular complexity index is 1220. The highest BCUT2D eigenvalue weighted by molar-refractivity contribution is 6.39. The lowest BCUT2D eigenvalue weighted by Gasteiger charge is -2.10. The monoisotopic (exact) mass is 446 g/mol. The lowest BCUT2D eigenvalue weighted by Crippen LogP contribution is -2.26. The molecular formula is C19H12Cl2N4O5. The van der Waals surface area contributed by atoms with Crippen LogP contribution in [0.2, 0.25) is 10.0 Å². The van der Waals surface area contributed by atoms with Crippen molar-refractivity contribution in [1.29, 1.82) is 0 Å². The first kappa shape index (κ1) is 19.7. The van der Waals surface area contributed by atoms with E-state index in [0.29, 0.717) is 21.5 Å². The summed E-state index contributed by atoms with van der Waals surface area (Å²) in [5.41, 5.74) is 1.06. The van der Waals surface area contributed by atoms with E-state index in [9.17, 15) is 10.0 Å². The molecule has 4 aromatic rings. The van der Waals surface area contributed by atoms with Crippen LogP contribution in [0.4, 0.5) is 10.5 Å². The summed E-state index contributed by atoms with van der Waals surface area (Å²) in [5, 5.41) is 14.1. The van der Waals surface area contributed by atoms with Crippen LogP contribution >= 0.6 is 23.2 Å². The van der Waals surface area contributed by atoms with Crippen molar-refractivity contribution in [3.05, 3.63) is 64.4 Å². The van der Waals surface area contributed by atoms with Crippen LogP contribution < -0.4 is 19.5 Å². The van der Waals surface area contributed by atoms with Gasteiger partial charge < -0.3 is 19.1 Å². The zero-order chi connectivity index (χ0) is 21.3. The number of carbonyl (C=O) groups excluding carboxylic acids is 1. The molecule has 152 valence electrons. The van der Waals surface area contributed by atoms with Gasteiger partial charge >= 0.3 is 6.09 Å². The van der Waals surface area contributed by atoms with Crippen molar-refractivity contribution in [1.82, 2.24) is 9.97 Å². The van der Waals surface area contributed by atoms with Gasteiger partial charge in [-0.1, -0.05) is 23.2 Å². The Hall–Kier alpha value is -3.56. The molecule has 0 aliphatic rings. The third kappa shape index (κ3) is 3.80. The van der Waals surface area contributed by atoms with E-state index >= 15 is 0 Å². The maximum absolute atomic E-state index is 12.4. The van der Waals surface area contributed by atoms with Gasteiger partial charge in [0.1, 0.15) is 15.8 Å². The molecule has 0 aromatic carbocycles. The first-order valence-corrected chi connectivity index (χ1v) is 9.15. The van der Waals surface area contributed by atoms with Crippen molar-refractivity contribution in [3.8, 4) is 23.0 Å². The predicted molar refractivity (Wildman–Crippen MR) is 109 cm³/mol. The third-order valence-electron chi connectivity index (χ3n) is 4.02. The van der Waals surface area contributed by atoms with Gasteiger partial charge in [0.15, 0.2) is 5.75 Å². The van der Waals surface area contributed by atoms with E-state index in [0.717, 1.165) is 18.0 Å². The predicted octanol–water partition coefficient (Wildman–Crippen LogP) is 4.45. The van der Waals surface area contributed by atoms with Crippen LogP contribution in [0.1, 0.15) is 0 Å². The summed E-state index contributed by atoms with van der Waals surface area (Å²) in [6.07, 6.45) is 5.80. The molecule has 0 radical (unpaired) electrons. The smallest absolute Gasteiger partial charge is 0.417 e. The van der Waals surface area contributed by atoms with Crippen LogP contribution in [0.5, 0.6) is 11.6 Å². The van der Waals surface area contributed by atoms with Crippen LogP contribution in [0.15, 0.2) is 53.6 Å². The number of hydrogen-bond acceptors (Lipinski definition) is 7. The number of pyridine rings is 3. The summed E-state index contributed by atoms with van der Waals surface area (Å²) in [7, 11) is 1.45. The number of furan rings is 1. The number of aromatic nitrogens is 3. The van der Waals surface area contributed by atoms with Gasteiger partial charge in [-0.05, 0) is 18.2 Å². The lowest BCUT2D eigenvalue weighted by atomic mass is 10.2. The Morgan fingerprint density at radius 1 is 1.27 bits per heavy atom. The highest BCUT2D eigenvalue weighted by Crippen LogP contribution is 2.37. The average molecular weight is 447 g/mol. The normalized spacial score (nSPS) is 10.8. The molecule has 0 unspecified atom stereocenters. The van der Waals surface area contributed by atoms with E-state index in [2.05, 4.69) is 15.3 Å².